The molecule has 3 unspecified atom stereocenters. The Labute approximate surface area is 126 Å². The first-order valence-corrected chi connectivity index (χ1v) is 9.39. The van der Waals surface area contributed by atoms with Crippen molar-refractivity contribution in [2.45, 2.75) is 43.2 Å². The monoisotopic (exact) mass is 295 g/mol. The summed E-state index contributed by atoms with van der Waals surface area (Å²) in [6, 6.07) is 9.66. The first kappa shape index (κ1) is 15.3. The number of thioether (sulfide) groups is 2. The van der Waals surface area contributed by atoms with Crippen LogP contribution in [0.3, 0.4) is 0 Å². The summed E-state index contributed by atoms with van der Waals surface area (Å²) < 4.78 is 0. The van der Waals surface area contributed by atoms with Gasteiger partial charge in [0, 0.05) is 28.0 Å². The lowest BCUT2D eigenvalue weighted by atomic mass is 9.98. The lowest BCUT2D eigenvalue weighted by Crippen LogP contribution is -2.37. The number of aryl methyl sites for hydroxylation is 1. The fraction of sp³-hybridized carbons (Fsp3) is 0.625. The van der Waals surface area contributed by atoms with Crippen LogP contribution in [-0.4, -0.2) is 29.1 Å². The van der Waals surface area contributed by atoms with Gasteiger partial charge in [0.1, 0.15) is 0 Å². The minimum atomic E-state index is 0.480. The molecule has 0 aliphatic carbocycles. The Morgan fingerprint density at radius 1 is 1.16 bits per heavy atom. The molecule has 1 aromatic carbocycles. The van der Waals surface area contributed by atoms with Gasteiger partial charge in [0.2, 0.25) is 0 Å². The second-order valence-corrected chi connectivity index (χ2v) is 7.65. The first-order chi connectivity index (χ1) is 9.30. The molecule has 0 radical (unpaired) electrons. The molecule has 0 amide bonds. The van der Waals surface area contributed by atoms with Gasteiger partial charge in [-0.3, -0.25) is 0 Å². The quantitative estimate of drug-likeness (QED) is 0.877. The minimum Gasteiger partial charge on any atom is -0.312 e. The molecule has 1 aromatic rings. The highest BCUT2D eigenvalue weighted by Gasteiger charge is 2.32. The van der Waals surface area contributed by atoms with E-state index >= 15 is 0 Å². The van der Waals surface area contributed by atoms with Crippen molar-refractivity contribution in [1.29, 1.82) is 0 Å². The number of hydrogen-bond donors (Lipinski definition) is 1. The molecule has 1 nitrogen and oxygen atoms in total. The van der Waals surface area contributed by atoms with E-state index in [0.29, 0.717) is 11.3 Å². The third kappa shape index (κ3) is 3.71. The van der Waals surface area contributed by atoms with Crippen molar-refractivity contribution in [3.63, 3.8) is 0 Å². The van der Waals surface area contributed by atoms with Crippen LogP contribution in [0.4, 0.5) is 0 Å². The fourth-order valence-electron chi connectivity index (χ4n) is 2.73. The van der Waals surface area contributed by atoms with Crippen molar-refractivity contribution in [3.8, 4) is 0 Å². The maximum Gasteiger partial charge on any atom is 0.0448 e. The molecule has 0 spiro atoms. The van der Waals surface area contributed by atoms with Gasteiger partial charge in [-0.25, -0.2) is 0 Å². The Morgan fingerprint density at radius 2 is 1.84 bits per heavy atom. The Balaban J connectivity index is 2.17. The lowest BCUT2D eigenvalue weighted by Gasteiger charge is -2.36. The molecule has 3 heteroatoms. The Kier molecular flexibility index (Phi) is 6.11. The van der Waals surface area contributed by atoms with Crippen LogP contribution in [0.1, 0.15) is 37.4 Å². The predicted octanol–water partition coefficient (Wildman–Crippen LogP) is 4.14. The molecule has 0 saturated carbocycles. The molecule has 106 valence electrons. The molecule has 0 bridgehead atoms. The van der Waals surface area contributed by atoms with Crippen molar-refractivity contribution in [1.82, 2.24) is 5.32 Å². The van der Waals surface area contributed by atoms with E-state index in [1.165, 1.54) is 29.1 Å². The molecule has 1 fully saturated rings. The summed E-state index contributed by atoms with van der Waals surface area (Å²) in [7, 11) is 2.10. The zero-order chi connectivity index (χ0) is 13.7. The van der Waals surface area contributed by atoms with Gasteiger partial charge in [-0.15, -0.1) is 0 Å². The highest BCUT2D eigenvalue weighted by molar-refractivity contribution is 8.07. The SMILES string of the molecule is CCc1ccc(C(NC)C2SCCSC2CC)cc1. The second-order valence-electron chi connectivity index (χ2n) is 5.01. The molecule has 0 aromatic heterocycles. The van der Waals surface area contributed by atoms with Crippen LogP contribution in [0, 0.1) is 0 Å². The number of nitrogens with one attached hydrogen (secondary N) is 1. The number of rotatable bonds is 5. The molecule has 3 atom stereocenters. The van der Waals surface area contributed by atoms with Crippen molar-refractivity contribution in [2.24, 2.45) is 0 Å². The molecule has 1 N–H and O–H groups in total. The van der Waals surface area contributed by atoms with Crippen LogP contribution in [0.15, 0.2) is 24.3 Å². The van der Waals surface area contributed by atoms with E-state index in [1.807, 2.05) is 0 Å². The molecule has 2 rings (SSSR count). The fourth-order valence-corrected chi connectivity index (χ4v) is 6.02. The molecule has 1 saturated heterocycles. The molecular formula is C16H25NS2. The van der Waals surface area contributed by atoms with Gasteiger partial charge in [-0.2, -0.15) is 23.5 Å². The number of benzene rings is 1. The van der Waals surface area contributed by atoms with E-state index in [4.69, 9.17) is 0 Å². The van der Waals surface area contributed by atoms with Crippen LogP contribution < -0.4 is 5.32 Å². The van der Waals surface area contributed by atoms with E-state index in [1.54, 1.807) is 0 Å². The summed E-state index contributed by atoms with van der Waals surface area (Å²) in [5, 5.41) is 5.03. The van der Waals surface area contributed by atoms with Gasteiger partial charge in [0.25, 0.3) is 0 Å². The van der Waals surface area contributed by atoms with Gasteiger partial charge < -0.3 is 5.32 Å². The topological polar surface area (TPSA) is 12.0 Å². The second kappa shape index (κ2) is 7.61. The van der Waals surface area contributed by atoms with Gasteiger partial charge in [0.05, 0.1) is 0 Å². The molecule has 1 aliphatic heterocycles. The van der Waals surface area contributed by atoms with Gasteiger partial charge >= 0.3 is 0 Å². The molecule has 1 aliphatic rings. The van der Waals surface area contributed by atoms with Crippen molar-refractivity contribution in [2.75, 3.05) is 18.6 Å². The van der Waals surface area contributed by atoms with Crippen molar-refractivity contribution < 1.29 is 0 Å². The normalized spacial score (nSPS) is 25.2. The minimum absolute atomic E-state index is 0.480. The molecule has 1 heterocycles. The van der Waals surface area contributed by atoms with Gasteiger partial charge in [-0.05, 0) is 31.0 Å². The van der Waals surface area contributed by atoms with Crippen LogP contribution >= 0.6 is 23.5 Å². The standard InChI is InChI=1S/C16H25NS2/c1-4-12-6-8-13(9-7-12)15(17-3)16-14(5-2)18-10-11-19-16/h6-9,14-17H,4-5,10-11H2,1-3H3. The Hall–Kier alpha value is -0.120. The zero-order valence-corrected chi connectivity index (χ0v) is 13.8. The van der Waals surface area contributed by atoms with Crippen LogP contribution in [0.5, 0.6) is 0 Å². The average Bonchev–Trinajstić information content (AvgIpc) is 2.49. The van der Waals surface area contributed by atoms with Gasteiger partial charge in [-0.1, -0.05) is 38.1 Å². The average molecular weight is 296 g/mol. The van der Waals surface area contributed by atoms with E-state index in [-0.39, 0.29) is 0 Å². The van der Waals surface area contributed by atoms with Crippen LogP contribution in [0.2, 0.25) is 0 Å². The molecule has 19 heavy (non-hydrogen) atoms. The van der Waals surface area contributed by atoms with Crippen LogP contribution in [0.25, 0.3) is 0 Å². The third-order valence-corrected chi connectivity index (χ3v) is 7.23. The zero-order valence-electron chi connectivity index (χ0n) is 12.2. The maximum atomic E-state index is 3.56. The van der Waals surface area contributed by atoms with Gasteiger partial charge in [0.15, 0.2) is 0 Å². The smallest absolute Gasteiger partial charge is 0.0448 e. The maximum absolute atomic E-state index is 3.56. The Morgan fingerprint density at radius 3 is 2.42 bits per heavy atom. The predicted molar refractivity (Wildman–Crippen MR) is 90.4 cm³/mol. The summed E-state index contributed by atoms with van der Waals surface area (Å²) in [5.74, 6) is 2.60. The first-order valence-electron chi connectivity index (χ1n) is 7.29. The summed E-state index contributed by atoms with van der Waals surface area (Å²) in [6.45, 7) is 4.54. The summed E-state index contributed by atoms with van der Waals surface area (Å²) in [5.41, 5.74) is 2.87. The van der Waals surface area contributed by atoms with E-state index in [0.717, 1.165) is 11.7 Å². The van der Waals surface area contributed by atoms with E-state index in [9.17, 15) is 0 Å². The third-order valence-electron chi connectivity index (χ3n) is 3.88. The van der Waals surface area contributed by atoms with Crippen molar-refractivity contribution >= 4 is 23.5 Å². The highest BCUT2D eigenvalue weighted by atomic mass is 32.2. The largest absolute Gasteiger partial charge is 0.312 e. The van der Waals surface area contributed by atoms with Crippen LogP contribution in [-0.2, 0) is 6.42 Å². The lowest BCUT2D eigenvalue weighted by molar-refractivity contribution is 0.543. The van der Waals surface area contributed by atoms with E-state index in [2.05, 4.69) is 74.0 Å². The highest BCUT2D eigenvalue weighted by Crippen LogP contribution is 2.40. The van der Waals surface area contributed by atoms with Crippen molar-refractivity contribution in [3.05, 3.63) is 35.4 Å². The Bertz CT molecular complexity index is 377. The summed E-state index contributed by atoms with van der Waals surface area (Å²) in [6.07, 6.45) is 2.39. The summed E-state index contributed by atoms with van der Waals surface area (Å²) in [4.78, 5) is 0. The van der Waals surface area contributed by atoms with E-state index < -0.39 is 0 Å². The summed E-state index contributed by atoms with van der Waals surface area (Å²) >= 11 is 4.31. The number of hydrogen-bond acceptors (Lipinski definition) is 3. The molecular weight excluding hydrogens is 270 g/mol.